The molecule has 18 atom stereocenters. The largest absolute Gasteiger partial charge is 0.458 e. The second kappa shape index (κ2) is 14.4. The van der Waals surface area contributed by atoms with Gasteiger partial charge in [0.05, 0.1) is 24.9 Å². The first kappa shape index (κ1) is 38.0. The number of ether oxygens (including phenoxy) is 6. The van der Waals surface area contributed by atoms with Crippen LogP contribution in [0.5, 0.6) is 0 Å². The summed E-state index contributed by atoms with van der Waals surface area (Å²) in [7, 11) is 1.34. The SMILES string of the molecule is COC1C(O)C(OC2CCC3(CO)C(CCC4C3CCC3(C)C(C5=CC(=O)OC5)CCC43O)C2)OC(CO)C1OC1OC(CO)C(O)C(O)C1O. The zero-order chi connectivity index (χ0) is 36.5. The Labute approximate surface area is 297 Å². The van der Waals surface area contributed by atoms with E-state index in [1.54, 1.807) is 6.08 Å². The second-order valence-electron chi connectivity index (χ2n) is 16.4. The van der Waals surface area contributed by atoms with Gasteiger partial charge in [-0.2, -0.15) is 0 Å². The maximum absolute atomic E-state index is 12.5. The van der Waals surface area contributed by atoms with Crippen molar-refractivity contribution in [1.29, 1.82) is 0 Å². The minimum absolute atomic E-state index is 0.00707. The third-order valence-corrected chi connectivity index (χ3v) is 14.5. The molecule has 0 aromatic carbocycles. The van der Waals surface area contributed by atoms with Crippen molar-refractivity contribution in [2.45, 2.75) is 138 Å². The Morgan fingerprint density at radius 1 is 0.804 bits per heavy atom. The van der Waals surface area contributed by atoms with Crippen molar-refractivity contribution in [2.24, 2.45) is 34.5 Å². The molecule has 6 fully saturated rings. The Hall–Kier alpha value is -1.31. The van der Waals surface area contributed by atoms with Crippen molar-refractivity contribution in [3.63, 3.8) is 0 Å². The molecule has 0 aromatic rings. The van der Waals surface area contributed by atoms with E-state index in [1.165, 1.54) is 7.11 Å². The van der Waals surface area contributed by atoms with Gasteiger partial charge in [-0.1, -0.05) is 6.92 Å². The smallest absolute Gasteiger partial charge is 0.331 e. The lowest BCUT2D eigenvalue weighted by Crippen LogP contribution is -2.65. The monoisotopic (exact) mass is 728 g/mol. The summed E-state index contributed by atoms with van der Waals surface area (Å²) in [4.78, 5) is 11.9. The van der Waals surface area contributed by atoms with E-state index in [1.807, 2.05) is 0 Å². The number of aliphatic hydroxyl groups is 8. The van der Waals surface area contributed by atoms with E-state index in [0.29, 0.717) is 32.3 Å². The van der Waals surface area contributed by atoms with Gasteiger partial charge in [-0.05, 0) is 92.4 Å². The molecule has 3 heterocycles. The van der Waals surface area contributed by atoms with E-state index in [2.05, 4.69) is 6.92 Å². The molecule has 0 spiro atoms. The summed E-state index contributed by atoms with van der Waals surface area (Å²) in [6, 6.07) is 0. The maximum atomic E-state index is 12.5. The van der Waals surface area contributed by atoms with Crippen LogP contribution >= 0.6 is 0 Å². The highest BCUT2D eigenvalue weighted by atomic mass is 16.7. The van der Waals surface area contributed by atoms with Crippen LogP contribution in [0.4, 0.5) is 0 Å². The normalized spacial score (nSPS) is 52.8. The summed E-state index contributed by atoms with van der Waals surface area (Å²) >= 11 is 0. The van der Waals surface area contributed by atoms with Gasteiger partial charge in [-0.3, -0.25) is 0 Å². The van der Waals surface area contributed by atoms with E-state index >= 15 is 0 Å². The number of carbonyl (C=O) groups excluding carboxylic acids is 1. The van der Waals surface area contributed by atoms with Gasteiger partial charge in [0, 0.05) is 25.2 Å². The number of hydrogen-bond donors (Lipinski definition) is 8. The molecule has 4 saturated carbocycles. The molecular weight excluding hydrogens is 672 g/mol. The Kier molecular flexibility index (Phi) is 10.7. The van der Waals surface area contributed by atoms with E-state index in [4.69, 9.17) is 28.4 Å². The molecule has 0 bridgehead atoms. The Morgan fingerprint density at radius 3 is 2.20 bits per heavy atom. The fourth-order valence-electron chi connectivity index (χ4n) is 11.7. The summed E-state index contributed by atoms with van der Waals surface area (Å²) < 4.78 is 34.7. The zero-order valence-electron chi connectivity index (χ0n) is 29.4. The Morgan fingerprint density at radius 2 is 1.53 bits per heavy atom. The molecule has 15 heteroatoms. The molecule has 290 valence electrons. The molecule has 8 N–H and O–H groups in total. The lowest BCUT2D eigenvalue weighted by Gasteiger charge is -2.64. The van der Waals surface area contributed by atoms with Gasteiger partial charge in [0.25, 0.3) is 0 Å². The van der Waals surface area contributed by atoms with Crippen LogP contribution in [0, 0.1) is 34.5 Å². The third-order valence-electron chi connectivity index (χ3n) is 14.5. The van der Waals surface area contributed by atoms with Gasteiger partial charge >= 0.3 is 5.97 Å². The highest BCUT2D eigenvalue weighted by Crippen LogP contribution is 2.70. The van der Waals surface area contributed by atoms with Crippen LogP contribution in [0.3, 0.4) is 0 Å². The lowest BCUT2D eigenvalue weighted by molar-refractivity contribution is -0.366. The lowest BCUT2D eigenvalue weighted by atomic mass is 9.43. The standard InChI is InChI=1S/C36H56O15/c1-34-8-6-21-22(36(34,45)10-7-20(34)17-11-25(40)47-15-17)4-3-18-12-19(5-9-35(18,21)16-39)48-33-29(44)31(46-2)30(24(14-38)50-33)51-32-28(43)27(42)26(41)23(13-37)49-32/h11,18-24,26-33,37-39,41-45H,3-10,12-16H2,1-2H3. The number of carbonyl (C=O) groups is 1. The van der Waals surface area contributed by atoms with Crippen LogP contribution in [0.25, 0.3) is 0 Å². The number of fused-ring (bicyclic) bond motifs is 5. The predicted molar refractivity (Wildman–Crippen MR) is 173 cm³/mol. The molecule has 51 heavy (non-hydrogen) atoms. The highest BCUT2D eigenvalue weighted by molar-refractivity contribution is 5.85. The van der Waals surface area contributed by atoms with Gasteiger partial charge in [0.1, 0.15) is 55.4 Å². The molecule has 7 rings (SSSR count). The molecule has 0 amide bonds. The Bertz CT molecular complexity index is 1300. The molecule has 3 aliphatic heterocycles. The summed E-state index contributed by atoms with van der Waals surface area (Å²) in [6.45, 7) is 1.26. The first-order chi connectivity index (χ1) is 24.3. The minimum atomic E-state index is -1.70. The predicted octanol–water partition coefficient (Wildman–Crippen LogP) is -1.12. The molecule has 18 unspecified atom stereocenters. The molecule has 2 saturated heterocycles. The van der Waals surface area contributed by atoms with Crippen LogP contribution < -0.4 is 0 Å². The molecule has 0 radical (unpaired) electrons. The fourth-order valence-corrected chi connectivity index (χ4v) is 11.7. The number of cyclic esters (lactones) is 1. The van der Waals surface area contributed by atoms with Crippen molar-refractivity contribution in [3.8, 4) is 0 Å². The van der Waals surface area contributed by atoms with Crippen molar-refractivity contribution >= 4 is 5.97 Å². The average molecular weight is 729 g/mol. The first-order valence-corrected chi connectivity index (χ1v) is 18.6. The fraction of sp³-hybridized carbons (Fsp3) is 0.917. The third kappa shape index (κ3) is 6.03. The van der Waals surface area contributed by atoms with E-state index in [9.17, 15) is 45.6 Å². The van der Waals surface area contributed by atoms with E-state index in [-0.39, 0.29) is 53.2 Å². The molecule has 15 nitrogen and oxygen atoms in total. The van der Waals surface area contributed by atoms with Gasteiger partial charge in [0.2, 0.25) is 0 Å². The van der Waals surface area contributed by atoms with Crippen molar-refractivity contribution in [1.82, 2.24) is 0 Å². The molecule has 0 aromatic heterocycles. The maximum Gasteiger partial charge on any atom is 0.331 e. The zero-order valence-corrected chi connectivity index (χ0v) is 29.4. The quantitative estimate of drug-likeness (QED) is 0.104. The number of rotatable bonds is 9. The topological polar surface area (TPSA) is 234 Å². The van der Waals surface area contributed by atoms with Crippen molar-refractivity contribution in [2.75, 3.05) is 33.5 Å². The summed E-state index contributed by atoms with van der Waals surface area (Å²) in [6.07, 6.45) is -5.77. The second-order valence-corrected chi connectivity index (χ2v) is 16.4. The number of aliphatic hydroxyl groups excluding tert-OH is 7. The summed E-state index contributed by atoms with van der Waals surface area (Å²) in [5.41, 5.74) is -0.686. The summed E-state index contributed by atoms with van der Waals surface area (Å²) in [5, 5.41) is 85.8. The molecular formula is C36H56O15. The van der Waals surface area contributed by atoms with Gasteiger partial charge in [0.15, 0.2) is 12.6 Å². The first-order valence-electron chi connectivity index (χ1n) is 18.6. The summed E-state index contributed by atoms with van der Waals surface area (Å²) in [5.74, 6) is 0.0461. The van der Waals surface area contributed by atoms with Gasteiger partial charge in [-0.15, -0.1) is 0 Å². The van der Waals surface area contributed by atoms with Crippen LogP contribution in [0.15, 0.2) is 11.6 Å². The van der Waals surface area contributed by atoms with Crippen molar-refractivity contribution < 1.29 is 74.1 Å². The van der Waals surface area contributed by atoms with E-state index < -0.39 is 80.2 Å². The number of methoxy groups -OCH3 is 1. The van der Waals surface area contributed by atoms with Gasteiger partial charge < -0.3 is 69.3 Å². The minimum Gasteiger partial charge on any atom is -0.458 e. The number of esters is 1. The van der Waals surface area contributed by atoms with Crippen LogP contribution in [-0.4, -0.2) is 153 Å². The van der Waals surface area contributed by atoms with Gasteiger partial charge in [-0.25, -0.2) is 4.79 Å². The molecule has 4 aliphatic carbocycles. The average Bonchev–Trinajstić information content (AvgIpc) is 3.68. The number of hydrogen-bond acceptors (Lipinski definition) is 15. The van der Waals surface area contributed by atoms with Crippen LogP contribution in [0.2, 0.25) is 0 Å². The van der Waals surface area contributed by atoms with Crippen molar-refractivity contribution in [3.05, 3.63) is 11.6 Å². The van der Waals surface area contributed by atoms with Crippen LogP contribution in [0.1, 0.15) is 64.7 Å². The van der Waals surface area contributed by atoms with Crippen LogP contribution in [-0.2, 0) is 33.2 Å². The highest BCUT2D eigenvalue weighted by Gasteiger charge is 2.68. The Balaban J connectivity index is 1.02. The van der Waals surface area contributed by atoms with E-state index in [0.717, 1.165) is 37.7 Å². The molecule has 7 aliphatic rings.